The highest BCUT2D eigenvalue weighted by molar-refractivity contribution is 5.74. The minimum Gasteiger partial charge on any atom is -0.444 e. The van der Waals surface area contributed by atoms with Crippen molar-refractivity contribution in [2.75, 3.05) is 25.0 Å². The van der Waals surface area contributed by atoms with Gasteiger partial charge in [0.25, 0.3) is 0 Å². The Morgan fingerprint density at radius 3 is 2.40 bits per heavy atom. The van der Waals surface area contributed by atoms with E-state index in [0.29, 0.717) is 11.8 Å². The molecule has 8 nitrogen and oxygen atoms in total. The number of rotatable bonds is 5. The molecule has 3 heterocycles. The summed E-state index contributed by atoms with van der Waals surface area (Å²) in [5.74, 6) is -0.476. The number of hydrogen-bond donors (Lipinski definition) is 1. The highest BCUT2D eigenvalue weighted by Gasteiger charge is 2.48. The maximum atomic E-state index is 13.6. The number of nitrogens with one attached hydrogen (secondary N) is 1. The molecule has 2 aromatic heterocycles. The van der Waals surface area contributed by atoms with Gasteiger partial charge in [0, 0.05) is 37.2 Å². The molecule has 35 heavy (non-hydrogen) atoms. The van der Waals surface area contributed by atoms with Crippen molar-refractivity contribution >= 4 is 23.8 Å². The van der Waals surface area contributed by atoms with Crippen molar-refractivity contribution in [2.24, 2.45) is 0 Å². The second kappa shape index (κ2) is 8.51. The molecule has 1 aliphatic rings. The Bertz CT molecular complexity index is 1260. The molecule has 0 bridgehead atoms. The summed E-state index contributed by atoms with van der Waals surface area (Å²) in [5.41, 5.74) is -2.11. The van der Waals surface area contributed by atoms with Gasteiger partial charge in [0.05, 0.1) is 0 Å². The third kappa shape index (κ3) is 5.05. The zero-order valence-corrected chi connectivity index (χ0v) is 19.2. The molecular formula is C23H23F4N5O3. The number of aromatic nitrogens is 3. The average Bonchev–Trinajstić information content (AvgIpc) is 3.15. The second-order valence-corrected chi connectivity index (χ2v) is 9.46. The molecule has 1 N–H and O–H groups in total. The van der Waals surface area contributed by atoms with E-state index in [1.165, 1.54) is 17.0 Å². The van der Waals surface area contributed by atoms with E-state index in [4.69, 9.17) is 4.74 Å². The van der Waals surface area contributed by atoms with Crippen molar-refractivity contribution in [3.05, 3.63) is 59.2 Å². The van der Waals surface area contributed by atoms with E-state index in [1.807, 2.05) is 0 Å². The fraction of sp³-hybridized carbons (Fsp3) is 0.391. The van der Waals surface area contributed by atoms with Crippen molar-refractivity contribution in [1.82, 2.24) is 19.5 Å². The zero-order valence-electron chi connectivity index (χ0n) is 19.2. The zero-order chi connectivity index (χ0) is 25.6. The first-order valence-electron chi connectivity index (χ1n) is 10.7. The quantitative estimate of drug-likeness (QED) is 0.421. The SMILES string of the molecule is CC(C)(C)OC(=O)N1CC(CNc2cc(C(F)(F)F)nc3cc(C=O)nn23)(c2ccc(F)cc2)C1. The average molecular weight is 493 g/mol. The number of anilines is 1. The Hall–Kier alpha value is -3.70. The van der Waals surface area contributed by atoms with Gasteiger partial charge in [-0.2, -0.15) is 22.8 Å². The number of nitrogens with zero attached hydrogens (tertiary/aromatic N) is 4. The van der Waals surface area contributed by atoms with Crippen LogP contribution in [0.1, 0.15) is 42.5 Å². The summed E-state index contributed by atoms with van der Waals surface area (Å²) in [4.78, 5) is 28.7. The third-order valence-corrected chi connectivity index (χ3v) is 5.56. The maximum absolute atomic E-state index is 13.6. The van der Waals surface area contributed by atoms with E-state index in [0.717, 1.165) is 16.6 Å². The first-order chi connectivity index (χ1) is 16.3. The molecule has 0 radical (unpaired) electrons. The molecule has 12 heteroatoms. The lowest BCUT2D eigenvalue weighted by atomic mass is 9.73. The number of fused-ring (bicyclic) bond motifs is 1. The van der Waals surface area contributed by atoms with E-state index >= 15 is 0 Å². The Balaban J connectivity index is 1.65. The lowest BCUT2D eigenvalue weighted by Crippen LogP contribution is -2.64. The number of likely N-dealkylation sites (tertiary alicyclic amines) is 1. The number of carbonyl (C=O) groups excluding carboxylic acids is 2. The lowest BCUT2D eigenvalue weighted by molar-refractivity contribution is -0.141. The van der Waals surface area contributed by atoms with Gasteiger partial charge in [-0.25, -0.2) is 14.2 Å². The summed E-state index contributed by atoms with van der Waals surface area (Å²) in [6, 6.07) is 7.66. The van der Waals surface area contributed by atoms with Gasteiger partial charge >= 0.3 is 12.3 Å². The van der Waals surface area contributed by atoms with Gasteiger partial charge in [-0.05, 0) is 38.5 Å². The number of alkyl halides is 3. The fourth-order valence-corrected chi connectivity index (χ4v) is 3.92. The molecule has 0 atom stereocenters. The van der Waals surface area contributed by atoms with Gasteiger partial charge in [0.1, 0.15) is 22.9 Å². The standard InChI is InChI=1S/C23H23F4N5O3/c1-21(2,3)35-20(34)31-12-22(13-31,14-4-6-15(24)7-5-14)11-28-18-9-17(23(25,26)27)29-19-8-16(10-33)30-32(18)19/h4-10,28H,11-13H2,1-3H3. The number of benzene rings is 1. The molecule has 1 amide bonds. The Morgan fingerprint density at radius 2 is 1.83 bits per heavy atom. The normalized spacial score (nSPS) is 15.6. The van der Waals surface area contributed by atoms with Gasteiger partial charge in [-0.1, -0.05) is 12.1 Å². The van der Waals surface area contributed by atoms with Crippen molar-refractivity contribution in [1.29, 1.82) is 0 Å². The molecule has 1 aromatic carbocycles. The van der Waals surface area contributed by atoms with Crippen LogP contribution in [0.5, 0.6) is 0 Å². The Labute approximate surface area is 197 Å². The summed E-state index contributed by atoms with van der Waals surface area (Å²) in [6.45, 7) is 5.70. The first kappa shape index (κ1) is 24.4. The van der Waals surface area contributed by atoms with Crippen LogP contribution in [-0.4, -0.2) is 57.1 Å². The molecule has 0 unspecified atom stereocenters. The molecule has 0 spiro atoms. The lowest BCUT2D eigenvalue weighted by Gasteiger charge is -2.50. The number of hydrogen-bond acceptors (Lipinski definition) is 6. The predicted octanol–water partition coefficient (Wildman–Crippen LogP) is 4.30. The molecule has 1 aliphatic heterocycles. The molecule has 4 rings (SSSR count). The van der Waals surface area contributed by atoms with Gasteiger partial charge in [-0.15, -0.1) is 0 Å². The van der Waals surface area contributed by atoms with E-state index in [9.17, 15) is 27.2 Å². The fourth-order valence-electron chi connectivity index (χ4n) is 3.92. The summed E-state index contributed by atoms with van der Waals surface area (Å²) < 4.78 is 60.4. The van der Waals surface area contributed by atoms with Crippen LogP contribution in [0.2, 0.25) is 0 Å². The van der Waals surface area contributed by atoms with Gasteiger partial charge in [0.15, 0.2) is 17.6 Å². The number of ether oxygens (including phenoxy) is 1. The summed E-state index contributed by atoms with van der Waals surface area (Å²) in [5, 5.41) is 6.96. The van der Waals surface area contributed by atoms with Crippen LogP contribution in [0.15, 0.2) is 36.4 Å². The summed E-state index contributed by atoms with van der Waals surface area (Å²) in [7, 11) is 0. The molecular weight excluding hydrogens is 470 g/mol. The topological polar surface area (TPSA) is 88.8 Å². The van der Waals surface area contributed by atoms with E-state index < -0.39 is 34.8 Å². The van der Waals surface area contributed by atoms with Crippen molar-refractivity contribution in [3.63, 3.8) is 0 Å². The maximum Gasteiger partial charge on any atom is 0.433 e. The van der Waals surface area contributed by atoms with Crippen LogP contribution < -0.4 is 5.32 Å². The van der Waals surface area contributed by atoms with Crippen LogP contribution in [-0.2, 0) is 16.3 Å². The van der Waals surface area contributed by atoms with Gasteiger partial charge in [-0.3, -0.25) is 4.79 Å². The third-order valence-electron chi connectivity index (χ3n) is 5.56. The smallest absolute Gasteiger partial charge is 0.433 e. The van der Waals surface area contributed by atoms with E-state index in [2.05, 4.69) is 15.4 Å². The van der Waals surface area contributed by atoms with Crippen molar-refractivity contribution in [3.8, 4) is 0 Å². The monoisotopic (exact) mass is 493 g/mol. The summed E-state index contributed by atoms with van der Waals surface area (Å²) >= 11 is 0. The number of carbonyl (C=O) groups is 2. The van der Waals surface area contributed by atoms with Crippen LogP contribution in [0.25, 0.3) is 5.65 Å². The van der Waals surface area contributed by atoms with Crippen LogP contribution >= 0.6 is 0 Å². The largest absolute Gasteiger partial charge is 0.444 e. The second-order valence-electron chi connectivity index (χ2n) is 9.46. The van der Waals surface area contributed by atoms with E-state index in [1.54, 1.807) is 32.9 Å². The van der Waals surface area contributed by atoms with Crippen LogP contribution in [0, 0.1) is 5.82 Å². The molecule has 3 aromatic rings. The molecule has 1 saturated heterocycles. The first-order valence-corrected chi connectivity index (χ1v) is 10.7. The van der Waals surface area contributed by atoms with Crippen molar-refractivity contribution < 1.29 is 31.9 Å². The molecule has 0 saturated carbocycles. The minimum absolute atomic E-state index is 0.0346. The summed E-state index contributed by atoms with van der Waals surface area (Å²) in [6.07, 6.45) is -4.83. The molecule has 0 aliphatic carbocycles. The predicted molar refractivity (Wildman–Crippen MR) is 118 cm³/mol. The highest BCUT2D eigenvalue weighted by Crippen LogP contribution is 2.37. The number of aldehydes is 1. The van der Waals surface area contributed by atoms with E-state index in [-0.39, 0.29) is 36.8 Å². The molecule has 186 valence electrons. The minimum atomic E-state index is -4.72. The molecule has 1 fully saturated rings. The number of amides is 1. The van der Waals surface area contributed by atoms with Crippen LogP contribution in [0.4, 0.5) is 28.2 Å². The van der Waals surface area contributed by atoms with Gasteiger partial charge in [0.2, 0.25) is 0 Å². The highest BCUT2D eigenvalue weighted by atomic mass is 19.4. The van der Waals surface area contributed by atoms with Crippen molar-refractivity contribution in [2.45, 2.75) is 38.0 Å². The Morgan fingerprint density at radius 1 is 1.17 bits per heavy atom. The van der Waals surface area contributed by atoms with Gasteiger partial charge < -0.3 is 15.0 Å². The number of halogens is 4. The Kier molecular flexibility index (Phi) is 5.94. The van der Waals surface area contributed by atoms with Crippen LogP contribution in [0.3, 0.4) is 0 Å².